The van der Waals surface area contributed by atoms with Crippen molar-refractivity contribution in [2.75, 3.05) is 13.1 Å². The Bertz CT molecular complexity index is 411. The van der Waals surface area contributed by atoms with E-state index >= 15 is 0 Å². The lowest BCUT2D eigenvalue weighted by Gasteiger charge is -2.36. The largest absolute Gasteiger partial charge is 0.368 e. The van der Waals surface area contributed by atoms with Gasteiger partial charge in [-0.1, -0.05) is 0 Å². The van der Waals surface area contributed by atoms with E-state index in [0.29, 0.717) is 6.04 Å². The molecule has 2 rings (SSSR count). The van der Waals surface area contributed by atoms with Crippen LogP contribution in [0.2, 0.25) is 0 Å². The molecule has 2 heterocycles. The third kappa shape index (κ3) is 2.43. The van der Waals surface area contributed by atoms with E-state index in [1.54, 1.807) is 0 Å². The van der Waals surface area contributed by atoms with Crippen LogP contribution >= 0.6 is 0 Å². The molecule has 100 valence electrons. The highest BCUT2D eigenvalue weighted by Crippen LogP contribution is 2.27. The number of aryl methyl sites for hydroxylation is 2. The Morgan fingerprint density at radius 1 is 1.28 bits per heavy atom. The average molecular weight is 249 g/mol. The second-order valence-corrected chi connectivity index (χ2v) is 5.33. The zero-order chi connectivity index (χ0) is 13.3. The van der Waals surface area contributed by atoms with Crippen molar-refractivity contribution in [2.24, 2.45) is 5.73 Å². The Balaban J connectivity index is 2.01. The lowest BCUT2D eigenvalue weighted by Crippen LogP contribution is -2.46. The Morgan fingerprint density at radius 3 is 2.22 bits per heavy atom. The maximum absolute atomic E-state index is 11.2. The number of hydrogen-bond acceptors (Lipinski definition) is 2. The number of likely N-dealkylation sites (tertiary alicyclic amines) is 1. The van der Waals surface area contributed by atoms with Crippen molar-refractivity contribution in [3.05, 3.63) is 23.5 Å². The third-order valence-electron chi connectivity index (χ3n) is 4.15. The lowest BCUT2D eigenvalue weighted by atomic mass is 10.0. The highest BCUT2D eigenvalue weighted by molar-refractivity contribution is 5.79. The van der Waals surface area contributed by atoms with Gasteiger partial charge in [0.2, 0.25) is 5.91 Å². The summed E-state index contributed by atoms with van der Waals surface area (Å²) in [6.07, 6.45) is 2.18. The maximum Gasteiger partial charge on any atom is 0.234 e. The van der Waals surface area contributed by atoms with Crippen LogP contribution in [0, 0.1) is 13.8 Å². The average Bonchev–Trinajstić information content (AvgIpc) is 2.68. The van der Waals surface area contributed by atoms with Gasteiger partial charge in [-0.05, 0) is 45.7 Å². The zero-order valence-corrected chi connectivity index (χ0v) is 11.5. The first-order valence-corrected chi connectivity index (χ1v) is 6.68. The van der Waals surface area contributed by atoms with Gasteiger partial charge < -0.3 is 10.3 Å². The standard InChI is InChI=1S/C14H23N3O/c1-10-4-5-11(2)17(10)13-6-8-16(9-7-13)12(3)14(15)18/h4-5,12-13H,6-9H2,1-3H3,(H2,15,18). The van der Waals surface area contributed by atoms with Crippen LogP contribution in [0.3, 0.4) is 0 Å². The summed E-state index contributed by atoms with van der Waals surface area (Å²) in [6, 6.07) is 4.77. The molecule has 0 aliphatic carbocycles. The van der Waals surface area contributed by atoms with Gasteiger partial charge in [-0.3, -0.25) is 9.69 Å². The first kappa shape index (κ1) is 13.1. The lowest BCUT2D eigenvalue weighted by molar-refractivity contribution is -0.123. The van der Waals surface area contributed by atoms with E-state index in [9.17, 15) is 4.79 Å². The molecule has 1 aromatic heterocycles. The molecule has 1 unspecified atom stereocenters. The molecule has 0 saturated carbocycles. The van der Waals surface area contributed by atoms with E-state index in [4.69, 9.17) is 5.73 Å². The molecule has 1 atom stereocenters. The molecule has 0 spiro atoms. The summed E-state index contributed by atoms with van der Waals surface area (Å²) in [5.74, 6) is -0.221. The van der Waals surface area contributed by atoms with Crippen LogP contribution in [0.1, 0.15) is 37.2 Å². The van der Waals surface area contributed by atoms with Gasteiger partial charge in [0.25, 0.3) is 0 Å². The summed E-state index contributed by atoms with van der Waals surface area (Å²) < 4.78 is 2.42. The van der Waals surface area contributed by atoms with Gasteiger partial charge in [-0.2, -0.15) is 0 Å². The van der Waals surface area contributed by atoms with Crippen molar-refractivity contribution >= 4 is 5.91 Å². The third-order valence-corrected chi connectivity index (χ3v) is 4.15. The Morgan fingerprint density at radius 2 is 1.78 bits per heavy atom. The molecule has 0 aromatic carbocycles. The fourth-order valence-electron chi connectivity index (χ4n) is 2.97. The van der Waals surface area contributed by atoms with Crippen molar-refractivity contribution in [2.45, 2.75) is 45.7 Å². The molecule has 0 bridgehead atoms. The van der Waals surface area contributed by atoms with Crippen LogP contribution in [0.5, 0.6) is 0 Å². The number of hydrogen-bond donors (Lipinski definition) is 1. The predicted molar refractivity (Wildman–Crippen MR) is 72.4 cm³/mol. The summed E-state index contributed by atoms with van der Waals surface area (Å²) in [5.41, 5.74) is 8.01. The van der Waals surface area contributed by atoms with Gasteiger partial charge in [0, 0.05) is 30.5 Å². The van der Waals surface area contributed by atoms with E-state index in [-0.39, 0.29) is 11.9 Å². The van der Waals surface area contributed by atoms with Gasteiger partial charge in [0.05, 0.1) is 6.04 Å². The van der Waals surface area contributed by atoms with Crippen LogP contribution in [-0.2, 0) is 4.79 Å². The minimum absolute atomic E-state index is 0.141. The molecule has 18 heavy (non-hydrogen) atoms. The number of amides is 1. The van der Waals surface area contributed by atoms with Crippen LogP contribution in [0.4, 0.5) is 0 Å². The minimum Gasteiger partial charge on any atom is -0.368 e. The number of nitrogens with zero attached hydrogens (tertiary/aromatic N) is 2. The molecule has 1 fully saturated rings. The molecule has 4 heteroatoms. The predicted octanol–water partition coefficient (Wildman–Crippen LogP) is 1.62. The molecule has 0 radical (unpaired) electrons. The van der Waals surface area contributed by atoms with Crippen molar-refractivity contribution in [1.82, 2.24) is 9.47 Å². The number of aromatic nitrogens is 1. The van der Waals surface area contributed by atoms with Crippen LogP contribution in [-0.4, -0.2) is 34.5 Å². The van der Waals surface area contributed by atoms with Gasteiger partial charge in [-0.15, -0.1) is 0 Å². The van der Waals surface area contributed by atoms with Crippen LogP contribution in [0.15, 0.2) is 12.1 Å². The van der Waals surface area contributed by atoms with Gasteiger partial charge >= 0.3 is 0 Å². The van der Waals surface area contributed by atoms with Gasteiger partial charge in [0.1, 0.15) is 0 Å². The molecule has 1 aliphatic heterocycles. The SMILES string of the molecule is Cc1ccc(C)n1C1CCN(C(C)C(N)=O)CC1. The Hall–Kier alpha value is -1.29. The number of carbonyl (C=O) groups excluding carboxylic acids is 1. The summed E-state index contributed by atoms with van der Waals surface area (Å²) >= 11 is 0. The fourth-order valence-corrected chi connectivity index (χ4v) is 2.97. The topological polar surface area (TPSA) is 51.3 Å². The number of carbonyl (C=O) groups is 1. The number of primary amides is 1. The second kappa shape index (κ2) is 5.14. The molecular weight excluding hydrogens is 226 g/mol. The van der Waals surface area contributed by atoms with Crippen molar-refractivity contribution in [3.8, 4) is 0 Å². The minimum atomic E-state index is -0.221. The summed E-state index contributed by atoms with van der Waals surface area (Å²) in [5, 5.41) is 0. The smallest absolute Gasteiger partial charge is 0.234 e. The van der Waals surface area contributed by atoms with E-state index in [1.807, 2.05) is 6.92 Å². The zero-order valence-electron chi connectivity index (χ0n) is 11.5. The second-order valence-electron chi connectivity index (χ2n) is 5.33. The number of nitrogens with two attached hydrogens (primary N) is 1. The summed E-state index contributed by atoms with van der Waals surface area (Å²) in [6.45, 7) is 8.11. The van der Waals surface area contributed by atoms with Crippen molar-refractivity contribution < 1.29 is 4.79 Å². The first-order valence-electron chi connectivity index (χ1n) is 6.68. The Labute approximate surface area is 109 Å². The van der Waals surface area contributed by atoms with Gasteiger partial charge in [-0.25, -0.2) is 0 Å². The molecule has 2 N–H and O–H groups in total. The quantitative estimate of drug-likeness (QED) is 0.885. The van der Waals surface area contributed by atoms with E-state index in [0.717, 1.165) is 25.9 Å². The number of rotatable bonds is 3. The number of piperidine rings is 1. The monoisotopic (exact) mass is 249 g/mol. The Kier molecular flexibility index (Phi) is 3.76. The van der Waals surface area contributed by atoms with Gasteiger partial charge in [0.15, 0.2) is 0 Å². The first-order chi connectivity index (χ1) is 8.50. The summed E-state index contributed by atoms with van der Waals surface area (Å²) in [7, 11) is 0. The molecule has 1 saturated heterocycles. The molecule has 4 nitrogen and oxygen atoms in total. The summed E-state index contributed by atoms with van der Waals surface area (Å²) in [4.78, 5) is 13.4. The fraction of sp³-hybridized carbons (Fsp3) is 0.643. The van der Waals surface area contributed by atoms with Crippen molar-refractivity contribution in [1.29, 1.82) is 0 Å². The highest BCUT2D eigenvalue weighted by atomic mass is 16.1. The van der Waals surface area contributed by atoms with Crippen molar-refractivity contribution in [3.63, 3.8) is 0 Å². The normalized spacial score (nSPS) is 19.9. The van der Waals surface area contributed by atoms with E-state index in [2.05, 4.69) is 35.4 Å². The van der Waals surface area contributed by atoms with Crippen LogP contribution in [0.25, 0.3) is 0 Å². The maximum atomic E-state index is 11.2. The van der Waals surface area contributed by atoms with E-state index in [1.165, 1.54) is 11.4 Å². The molecule has 1 amide bonds. The highest BCUT2D eigenvalue weighted by Gasteiger charge is 2.26. The molecule has 1 aromatic rings. The van der Waals surface area contributed by atoms with Crippen LogP contribution < -0.4 is 5.73 Å². The van der Waals surface area contributed by atoms with E-state index < -0.39 is 0 Å². The molecular formula is C14H23N3O. The molecule has 1 aliphatic rings.